The molecule has 0 radical (unpaired) electrons. The highest BCUT2D eigenvalue weighted by Gasteiger charge is 2.28. The van der Waals surface area contributed by atoms with Gasteiger partial charge in [-0.1, -0.05) is 85.0 Å². The van der Waals surface area contributed by atoms with Crippen molar-refractivity contribution in [1.82, 2.24) is 5.09 Å². The van der Waals surface area contributed by atoms with E-state index in [2.05, 4.69) is 36.0 Å². The molecular formula is C24H24NOP. The lowest BCUT2D eigenvalue weighted by atomic mass is 10.1. The average molecular weight is 373 g/mol. The Balaban J connectivity index is 1.95. The van der Waals surface area contributed by atoms with E-state index in [0.29, 0.717) is 6.42 Å². The summed E-state index contributed by atoms with van der Waals surface area (Å²) in [5.41, 5.74) is 1.11. The van der Waals surface area contributed by atoms with Crippen LogP contribution in [0.3, 0.4) is 0 Å². The zero-order valence-electron chi connectivity index (χ0n) is 15.2. The first-order valence-corrected chi connectivity index (χ1v) is 10.8. The Kier molecular flexibility index (Phi) is 6.59. The molecular weight excluding hydrogens is 349 g/mol. The van der Waals surface area contributed by atoms with Crippen molar-refractivity contribution in [2.24, 2.45) is 0 Å². The molecule has 3 aromatic carbocycles. The molecule has 136 valence electrons. The third-order valence-electron chi connectivity index (χ3n) is 4.33. The molecule has 0 saturated heterocycles. The van der Waals surface area contributed by atoms with Crippen LogP contribution in [0, 0.1) is 0 Å². The summed E-state index contributed by atoms with van der Waals surface area (Å²) in [6.45, 7) is 3.87. The summed E-state index contributed by atoms with van der Waals surface area (Å²) in [4.78, 5) is 0. The van der Waals surface area contributed by atoms with E-state index >= 15 is 0 Å². The van der Waals surface area contributed by atoms with E-state index < -0.39 is 7.29 Å². The van der Waals surface area contributed by atoms with Crippen LogP contribution in [0.25, 0.3) is 6.08 Å². The number of rotatable bonds is 8. The summed E-state index contributed by atoms with van der Waals surface area (Å²) in [5, 5.41) is 5.04. The van der Waals surface area contributed by atoms with Gasteiger partial charge < -0.3 is 0 Å². The summed E-state index contributed by atoms with van der Waals surface area (Å²) in [7, 11) is -2.98. The highest BCUT2D eigenvalue weighted by atomic mass is 31.2. The summed E-state index contributed by atoms with van der Waals surface area (Å²) in [6.07, 6.45) is 6.66. The van der Waals surface area contributed by atoms with Crippen molar-refractivity contribution in [3.05, 3.63) is 115 Å². The van der Waals surface area contributed by atoms with Gasteiger partial charge in [-0.25, -0.2) is 0 Å². The standard InChI is InChI=1S/C24H24NOP/c1-2-12-22(20-19-21-13-6-3-7-14-21)25-27(26,23-15-8-4-9-16-23)24-17-10-5-11-18-24/h2-11,13-20,22H,1,12H2,(H,25,26)/b20-19+/t22-/m1/s1. The molecule has 3 rings (SSSR count). The van der Waals surface area contributed by atoms with Crippen LogP contribution in [0.15, 0.2) is 110 Å². The monoisotopic (exact) mass is 373 g/mol. The van der Waals surface area contributed by atoms with Crippen LogP contribution in [-0.4, -0.2) is 6.04 Å². The Labute approximate surface area is 161 Å². The van der Waals surface area contributed by atoms with E-state index in [1.165, 1.54) is 0 Å². The van der Waals surface area contributed by atoms with Gasteiger partial charge in [0.2, 0.25) is 7.29 Å². The minimum atomic E-state index is -2.98. The van der Waals surface area contributed by atoms with Crippen LogP contribution in [0.5, 0.6) is 0 Å². The molecule has 0 aliphatic rings. The highest BCUT2D eigenvalue weighted by molar-refractivity contribution is 7.76. The van der Waals surface area contributed by atoms with Gasteiger partial charge in [0.1, 0.15) is 0 Å². The average Bonchev–Trinajstić information content (AvgIpc) is 2.74. The zero-order chi connectivity index (χ0) is 19.0. The van der Waals surface area contributed by atoms with Gasteiger partial charge in [-0.15, -0.1) is 6.58 Å². The number of hydrogen-bond acceptors (Lipinski definition) is 1. The Hall–Kier alpha value is -2.67. The Morgan fingerprint density at radius 2 is 1.30 bits per heavy atom. The maximum absolute atomic E-state index is 14.1. The van der Waals surface area contributed by atoms with Crippen molar-refractivity contribution >= 4 is 24.0 Å². The fraction of sp³-hybridized carbons (Fsp3) is 0.0833. The fourth-order valence-corrected chi connectivity index (χ4v) is 5.39. The van der Waals surface area contributed by atoms with Crippen molar-refractivity contribution < 1.29 is 4.57 Å². The second kappa shape index (κ2) is 9.32. The largest absolute Gasteiger partial charge is 0.297 e. The van der Waals surface area contributed by atoms with Crippen LogP contribution < -0.4 is 15.7 Å². The van der Waals surface area contributed by atoms with Gasteiger partial charge in [0.25, 0.3) is 0 Å². The second-order valence-corrected chi connectivity index (χ2v) is 8.82. The van der Waals surface area contributed by atoms with E-state index in [0.717, 1.165) is 16.2 Å². The molecule has 0 aromatic heterocycles. The van der Waals surface area contributed by atoms with Gasteiger partial charge in [-0.3, -0.25) is 9.65 Å². The van der Waals surface area contributed by atoms with Gasteiger partial charge in [0.05, 0.1) is 0 Å². The fourth-order valence-electron chi connectivity index (χ4n) is 2.95. The molecule has 0 aliphatic carbocycles. The number of hydrogen-bond donors (Lipinski definition) is 1. The predicted octanol–water partition coefficient (Wildman–Crippen LogP) is 5.16. The first kappa shape index (κ1) is 19.1. The third kappa shape index (κ3) is 4.95. The lowest BCUT2D eigenvalue weighted by Crippen LogP contribution is -2.33. The first-order valence-electron chi connectivity index (χ1n) is 9.05. The van der Waals surface area contributed by atoms with E-state index in [1.54, 1.807) is 0 Å². The molecule has 0 aliphatic heterocycles. The van der Waals surface area contributed by atoms with Crippen molar-refractivity contribution in [3.63, 3.8) is 0 Å². The minimum absolute atomic E-state index is 0.0889. The quantitative estimate of drug-likeness (QED) is 0.436. The van der Waals surface area contributed by atoms with Crippen molar-refractivity contribution in [3.8, 4) is 0 Å². The van der Waals surface area contributed by atoms with Gasteiger partial charge >= 0.3 is 0 Å². The van der Waals surface area contributed by atoms with E-state index in [4.69, 9.17) is 0 Å². The minimum Gasteiger partial charge on any atom is -0.297 e. The molecule has 3 heteroatoms. The smallest absolute Gasteiger partial charge is 0.205 e. The Morgan fingerprint density at radius 3 is 1.78 bits per heavy atom. The summed E-state index contributed by atoms with van der Waals surface area (Å²) in [6, 6.07) is 29.3. The number of benzene rings is 3. The van der Waals surface area contributed by atoms with Gasteiger partial charge in [0, 0.05) is 16.7 Å². The van der Waals surface area contributed by atoms with Gasteiger partial charge in [-0.2, -0.15) is 0 Å². The van der Waals surface area contributed by atoms with Crippen LogP contribution in [0.1, 0.15) is 12.0 Å². The predicted molar refractivity (Wildman–Crippen MR) is 117 cm³/mol. The molecule has 3 aromatic rings. The third-order valence-corrected chi connectivity index (χ3v) is 7.07. The van der Waals surface area contributed by atoms with Crippen molar-refractivity contribution in [2.45, 2.75) is 12.5 Å². The molecule has 0 heterocycles. The molecule has 0 fully saturated rings. The summed E-state index contributed by atoms with van der Waals surface area (Å²) in [5.74, 6) is 0. The maximum atomic E-state index is 14.1. The Morgan fingerprint density at radius 1 is 0.815 bits per heavy atom. The molecule has 0 spiro atoms. The summed E-state index contributed by atoms with van der Waals surface area (Å²) >= 11 is 0. The SMILES string of the molecule is C=CC[C@H](/C=C/c1ccccc1)NP(=O)(c1ccccc1)c1ccccc1. The zero-order valence-corrected chi connectivity index (χ0v) is 16.1. The molecule has 0 amide bonds. The van der Waals surface area contributed by atoms with E-state index in [-0.39, 0.29) is 6.04 Å². The first-order chi connectivity index (χ1) is 13.2. The van der Waals surface area contributed by atoms with E-state index in [1.807, 2.05) is 84.9 Å². The van der Waals surface area contributed by atoms with Crippen LogP contribution in [-0.2, 0) is 4.57 Å². The van der Waals surface area contributed by atoms with Gasteiger partial charge in [-0.05, 0) is 36.2 Å². The Bertz CT molecular complexity index is 877. The molecule has 2 nitrogen and oxygen atoms in total. The lowest BCUT2D eigenvalue weighted by molar-refractivity contribution is 0.571. The maximum Gasteiger partial charge on any atom is 0.205 e. The lowest BCUT2D eigenvalue weighted by Gasteiger charge is -2.25. The normalized spacial score (nSPS) is 12.7. The molecule has 0 saturated carbocycles. The molecule has 1 atom stereocenters. The second-order valence-electron chi connectivity index (χ2n) is 6.31. The molecule has 0 unspecified atom stereocenters. The van der Waals surface area contributed by atoms with Crippen LogP contribution >= 0.6 is 7.29 Å². The molecule has 27 heavy (non-hydrogen) atoms. The highest BCUT2D eigenvalue weighted by Crippen LogP contribution is 2.39. The number of nitrogens with one attached hydrogen (secondary N) is 1. The van der Waals surface area contributed by atoms with Crippen molar-refractivity contribution in [2.75, 3.05) is 0 Å². The van der Waals surface area contributed by atoms with Crippen molar-refractivity contribution in [1.29, 1.82) is 0 Å². The van der Waals surface area contributed by atoms with Crippen LogP contribution in [0.2, 0.25) is 0 Å². The van der Waals surface area contributed by atoms with E-state index in [9.17, 15) is 4.57 Å². The topological polar surface area (TPSA) is 29.1 Å². The molecule has 0 bridgehead atoms. The summed E-state index contributed by atoms with van der Waals surface area (Å²) < 4.78 is 14.1. The van der Waals surface area contributed by atoms with Crippen LogP contribution in [0.4, 0.5) is 0 Å². The van der Waals surface area contributed by atoms with Gasteiger partial charge in [0.15, 0.2) is 0 Å². The molecule has 1 N–H and O–H groups in total.